The average Bonchev–Trinajstić information content (AvgIpc) is 2.60. The molecular weight excluding hydrogens is 328 g/mol. The number of thiocarbonyl (C=S) groups is 1. The summed E-state index contributed by atoms with van der Waals surface area (Å²) in [6, 6.07) is 6.58. The molecule has 2 rings (SSSR count). The van der Waals surface area contributed by atoms with Gasteiger partial charge in [-0.05, 0) is 30.5 Å². The van der Waals surface area contributed by atoms with Gasteiger partial charge in [-0.25, -0.2) is 9.59 Å². The van der Waals surface area contributed by atoms with Crippen LogP contribution in [-0.4, -0.2) is 37.0 Å². The van der Waals surface area contributed by atoms with Gasteiger partial charge in [-0.3, -0.25) is 5.41 Å². The fourth-order valence-corrected chi connectivity index (χ4v) is 2.89. The number of benzene rings is 1. The summed E-state index contributed by atoms with van der Waals surface area (Å²) in [5.74, 6) is 0.752. The second kappa shape index (κ2) is 7.21. The summed E-state index contributed by atoms with van der Waals surface area (Å²) in [5.41, 5.74) is 2.36. The summed E-state index contributed by atoms with van der Waals surface area (Å²) in [6.07, 6.45) is 0. The van der Waals surface area contributed by atoms with Gasteiger partial charge in [0.2, 0.25) is 0 Å². The second-order valence-electron chi connectivity index (χ2n) is 5.07. The molecule has 1 unspecified atom stereocenters. The molecule has 0 spiro atoms. The molecule has 1 heterocycles. The number of carbonyl (C=O) groups is 2. The van der Waals surface area contributed by atoms with Crippen molar-refractivity contribution in [3.8, 4) is 0 Å². The standard InChI is InChI=1S/C17H16N2O4S/c1-9-13(17(21)23-3)14(12(8-18)15(24)19-9)10-4-6-11(7-5-10)16(20)22-2/h4-7,14,18H,1-3H3,(H,19,24). The summed E-state index contributed by atoms with van der Waals surface area (Å²) < 4.78 is 9.54. The number of allylic oxidation sites excluding steroid dienone is 1. The van der Waals surface area contributed by atoms with E-state index >= 15 is 0 Å². The molecule has 0 aliphatic carbocycles. The summed E-state index contributed by atoms with van der Waals surface area (Å²) >= 11 is 5.25. The molecule has 6 nitrogen and oxygen atoms in total. The Bertz CT molecular complexity index is 789. The number of hydrogen-bond donors (Lipinski definition) is 2. The molecule has 0 aromatic heterocycles. The van der Waals surface area contributed by atoms with E-state index in [9.17, 15) is 9.59 Å². The maximum Gasteiger partial charge on any atom is 0.337 e. The number of ether oxygens (including phenoxy) is 2. The maximum atomic E-state index is 12.2. The predicted molar refractivity (Wildman–Crippen MR) is 92.2 cm³/mol. The van der Waals surface area contributed by atoms with Crippen LogP contribution in [0.4, 0.5) is 0 Å². The van der Waals surface area contributed by atoms with Crippen LogP contribution < -0.4 is 5.32 Å². The molecule has 0 bridgehead atoms. The van der Waals surface area contributed by atoms with E-state index in [2.05, 4.69) is 15.9 Å². The molecule has 2 N–H and O–H groups in total. The molecule has 0 saturated carbocycles. The Morgan fingerprint density at radius 1 is 1.17 bits per heavy atom. The van der Waals surface area contributed by atoms with Gasteiger partial charge in [-0.2, -0.15) is 0 Å². The van der Waals surface area contributed by atoms with Crippen LogP contribution in [0.3, 0.4) is 0 Å². The van der Waals surface area contributed by atoms with Gasteiger partial charge < -0.3 is 14.8 Å². The van der Waals surface area contributed by atoms with Crippen LogP contribution in [0.15, 0.2) is 41.1 Å². The van der Waals surface area contributed by atoms with Crippen LogP contribution in [0.25, 0.3) is 0 Å². The van der Waals surface area contributed by atoms with Gasteiger partial charge in [-0.15, -0.1) is 0 Å². The third-order valence-corrected chi connectivity index (χ3v) is 4.05. The fourth-order valence-electron chi connectivity index (χ4n) is 2.57. The Morgan fingerprint density at radius 3 is 2.25 bits per heavy atom. The number of methoxy groups -OCH3 is 2. The highest BCUT2D eigenvalue weighted by Crippen LogP contribution is 2.36. The minimum atomic E-state index is -0.588. The molecule has 124 valence electrons. The van der Waals surface area contributed by atoms with E-state index in [0.29, 0.717) is 33.0 Å². The molecule has 0 fully saturated rings. The zero-order chi connectivity index (χ0) is 17.9. The van der Waals surface area contributed by atoms with Crippen molar-refractivity contribution in [2.24, 2.45) is 0 Å². The molecule has 0 amide bonds. The Labute approximate surface area is 144 Å². The van der Waals surface area contributed by atoms with E-state index in [1.54, 1.807) is 31.2 Å². The van der Waals surface area contributed by atoms with Gasteiger partial charge in [0.05, 0.1) is 36.8 Å². The zero-order valence-electron chi connectivity index (χ0n) is 13.4. The van der Waals surface area contributed by atoms with Gasteiger partial charge in [0.15, 0.2) is 0 Å². The van der Waals surface area contributed by atoms with Crippen molar-refractivity contribution in [2.75, 3.05) is 14.2 Å². The van der Waals surface area contributed by atoms with E-state index in [4.69, 9.17) is 22.4 Å². The second-order valence-corrected chi connectivity index (χ2v) is 5.48. The summed E-state index contributed by atoms with van der Waals surface area (Å²) in [4.78, 5) is 24.1. The topological polar surface area (TPSA) is 88.5 Å². The number of esters is 2. The average molecular weight is 344 g/mol. The van der Waals surface area contributed by atoms with Gasteiger partial charge in [0.1, 0.15) is 4.99 Å². The molecule has 1 aromatic carbocycles. The molecule has 1 aliphatic heterocycles. The SMILES string of the molecule is COC(=O)C1=C(C)NC(=S)C(=C=N)C1c1ccc(C(=O)OC)cc1. The summed E-state index contributed by atoms with van der Waals surface area (Å²) in [6.45, 7) is 1.72. The van der Waals surface area contributed by atoms with Gasteiger partial charge in [-0.1, -0.05) is 24.4 Å². The number of nitrogens with one attached hydrogen (secondary N) is 2. The number of hydrogen-bond acceptors (Lipinski definition) is 6. The van der Waals surface area contributed by atoms with Crippen molar-refractivity contribution in [1.82, 2.24) is 5.32 Å². The smallest absolute Gasteiger partial charge is 0.337 e. The highest BCUT2D eigenvalue weighted by molar-refractivity contribution is 7.80. The van der Waals surface area contributed by atoms with Crippen molar-refractivity contribution in [3.63, 3.8) is 0 Å². The molecule has 0 radical (unpaired) electrons. The van der Waals surface area contributed by atoms with Crippen molar-refractivity contribution < 1.29 is 19.1 Å². The predicted octanol–water partition coefficient (Wildman–Crippen LogP) is 2.11. The lowest BCUT2D eigenvalue weighted by molar-refractivity contribution is -0.136. The van der Waals surface area contributed by atoms with Crippen molar-refractivity contribution in [3.05, 3.63) is 52.2 Å². The quantitative estimate of drug-likeness (QED) is 0.378. The van der Waals surface area contributed by atoms with Crippen LogP contribution >= 0.6 is 12.2 Å². The lowest BCUT2D eigenvalue weighted by Crippen LogP contribution is -2.35. The lowest BCUT2D eigenvalue weighted by atomic mass is 9.81. The van der Waals surface area contributed by atoms with Crippen LogP contribution in [0.2, 0.25) is 0 Å². The van der Waals surface area contributed by atoms with E-state index in [1.807, 2.05) is 0 Å². The minimum Gasteiger partial charge on any atom is -0.466 e. The minimum absolute atomic E-state index is 0.331. The highest BCUT2D eigenvalue weighted by Gasteiger charge is 2.35. The van der Waals surface area contributed by atoms with Crippen LogP contribution in [0.1, 0.15) is 28.8 Å². The van der Waals surface area contributed by atoms with E-state index in [-0.39, 0.29) is 0 Å². The van der Waals surface area contributed by atoms with E-state index in [1.165, 1.54) is 14.2 Å². The Balaban J connectivity index is 2.59. The normalized spacial score (nSPS) is 17.0. The largest absolute Gasteiger partial charge is 0.466 e. The third kappa shape index (κ3) is 3.13. The molecule has 1 aromatic rings. The first-order valence-electron chi connectivity index (χ1n) is 7.02. The van der Waals surface area contributed by atoms with E-state index in [0.717, 1.165) is 0 Å². The van der Waals surface area contributed by atoms with Gasteiger partial charge in [0, 0.05) is 5.70 Å². The number of carbonyl (C=O) groups excluding carboxylic acids is 2. The van der Waals surface area contributed by atoms with Gasteiger partial charge >= 0.3 is 11.9 Å². The third-order valence-electron chi connectivity index (χ3n) is 3.73. The molecule has 1 aliphatic rings. The van der Waals surface area contributed by atoms with Crippen LogP contribution in [0.5, 0.6) is 0 Å². The highest BCUT2D eigenvalue weighted by atomic mass is 32.1. The molecule has 7 heteroatoms. The zero-order valence-corrected chi connectivity index (χ0v) is 14.2. The molecule has 24 heavy (non-hydrogen) atoms. The van der Waals surface area contributed by atoms with E-state index < -0.39 is 17.9 Å². The first-order valence-corrected chi connectivity index (χ1v) is 7.43. The first-order chi connectivity index (χ1) is 11.4. The first kappa shape index (κ1) is 17.6. The lowest BCUT2D eigenvalue weighted by Gasteiger charge is -2.29. The Kier molecular flexibility index (Phi) is 5.28. The molecule has 1 atom stereocenters. The Morgan fingerprint density at radius 2 is 1.75 bits per heavy atom. The molecular formula is C17H16N2O4S. The van der Waals surface area contributed by atoms with Crippen molar-refractivity contribution in [1.29, 1.82) is 5.41 Å². The van der Waals surface area contributed by atoms with Crippen molar-refractivity contribution >= 4 is 35.0 Å². The van der Waals surface area contributed by atoms with Gasteiger partial charge in [0.25, 0.3) is 0 Å². The van der Waals surface area contributed by atoms with Crippen LogP contribution in [0, 0.1) is 5.41 Å². The summed E-state index contributed by atoms with van der Waals surface area (Å²) in [7, 11) is 2.60. The summed E-state index contributed by atoms with van der Waals surface area (Å²) in [5, 5.41) is 10.4. The van der Waals surface area contributed by atoms with Crippen LogP contribution in [-0.2, 0) is 14.3 Å². The molecule has 0 saturated heterocycles. The monoisotopic (exact) mass is 344 g/mol. The number of rotatable bonds is 3. The van der Waals surface area contributed by atoms with Crippen molar-refractivity contribution in [2.45, 2.75) is 12.8 Å². The maximum absolute atomic E-state index is 12.2. The Hall–Kier alpha value is -2.76. The fraction of sp³-hybridized carbons (Fsp3) is 0.235.